The Bertz CT molecular complexity index is 407. The number of amides is 1. The van der Waals surface area contributed by atoms with E-state index in [1.165, 1.54) is 7.11 Å². The van der Waals surface area contributed by atoms with Gasteiger partial charge in [0, 0.05) is 24.9 Å². The summed E-state index contributed by atoms with van der Waals surface area (Å²) >= 11 is 0. The van der Waals surface area contributed by atoms with Gasteiger partial charge in [0.2, 0.25) is 0 Å². The lowest BCUT2D eigenvalue weighted by Gasteiger charge is -2.11. The van der Waals surface area contributed by atoms with E-state index in [1.807, 2.05) is 6.92 Å². The fourth-order valence-corrected chi connectivity index (χ4v) is 1.62. The predicted octanol–water partition coefficient (Wildman–Crippen LogP) is 0.704. The van der Waals surface area contributed by atoms with E-state index in [0.29, 0.717) is 24.2 Å². The van der Waals surface area contributed by atoms with Gasteiger partial charge in [-0.1, -0.05) is 6.07 Å². The average Bonchev–Trinajstić information content (AvgIpc) is 2.33. The molecule has 0 aliphatic heterocycles. The van der Waals surface area contributed by atoms with Crippen molar-refractivity contribution in [2.24, 2.45) is 0 Å². The second-order valence-electron chi connectivity index (χ2n) is 4.17. The molecule has 0 aliphatic carbocycles. The summed E-state index contributed by atoms with van der Waals surface area (Å²) in [6, 6.07) is 5.23. The number of aliphatic hydroxyl groups excluding tert-OH is 1. The number of nitrogens with two attached hydrogens (primary N) is 1. The molecule has 18 heavy (non-hydrogen) atoms. The fraction of sp³-hybridized carbons (Fsp3) is 0.462. The van der Waals surface area contributed by atoms with Gasteiger partial charge in [0.25, 0.3) is 5.91 Å². The number of carbonyl (C=O) groups excluding carboxylic acids is 1. The molecule has 1 atom stereocenters. The van der Waals surface area contributed by atoms with Gasteiger partial charge in [-0.05, 0) is 31.0 Å². The summed E-state index contributed by atoms with van der Waals surface area (Å²) in [5, 5.41) is 12.2. The number of nitrogen functional groups attached to an aromatic ring is 1. The number of methoxy groups -OCH3 is 1. The van der Waals surface area contributed by atoms with Crippen LogP contribution in [0.15, 0.2) is 18.2 Å². The van der Waals surface area contributed by atoms with Crippen LogP contribution in [-0.2, 0) is 4.74 Å². The molecule has 0 saturated carbocycles. The van der Waals surface area contributed by atoms with Gasteiger partial charge in [0.05, 0.1) is 12.7 Å². The predicted molar refractivity (Wildman–Crippen MR) is 70.4 cm³/mol. The van der Waals surface area contributed by atoms with Crippen LogP contribution in [0.25, 0.3) is 0 Å². The third-order valence-electron chi connectivity index (χ3n) is 2.74. The molecular weight excluding hydrogens is 232 g/mol. The molecule has 0 bridgehead atoms. The van der Waals surface area contributed by atoms with Crippen molar-refractivity contribution in [3.05, 3.63) is 29.3 Å². The lowest BCUT2D eigenvalue weighted by molar-refractivity contribution is 0.0587. The maximum absolute atomic E-state index is 11.9. The Hall–Kier alpha value is -1.59. The molecule has 0 spiro atoms. The molecule has 1 amide bonds. The lowest BCUT2D eigenvalue weighted by Crippen LogP contribution is -2.29. The van der Waals surface area contributed by atoms with E-state index < -0.39 is 6.10 Å². The Labute approximate surface area is 107 Å². The zero-order chi connectivity index (χ0) is 13.5. The van der Waals surface area contributed by atoms with Gasteiger partial charge in [0.15, 0.2) is 0 Å². The van der Waals surface area contributed by atoms with Crippen molar-refractivity contribution >= 4 is 11.6 Å². The van der Waals surface area contributed by atoms with E-state index in [4.69, 9.17) is 10.5 Å². The smallest absolute Gasteiger partial charge is 0.251 e. The Morgan fingerprint density at radius 1 is 1.56 bits per heavy atom. The van der Waals surface area contributed by atoms with E-state index in [0.717, 1.165) is 5.56 Å². The van der Waals surface area contributed by atoms with Crippen LogP contribution in [0, 0.1) is 6.92 Å². The number of carbonyl (C=O) groups is 1. The summed E-state index contributed by atoms with van der Waals surface area (Å²) < 4.78 is 4.80. The Kier molecular flexibility index (Phi) is 5.61. The number of anilines is 1. The Balaban J connectivity index is 2.48. The van der Waals surface area contributed by atoms with E-state index in [-0.39, 0.29) is 12.5 Å². The molecule has 100 valence electrons. The zero-order valence-corrected chi connectivity index (χ0v) is 10.8. The van der Waals surface area contributed by atoms with Crippen LogP contribution < -0.4 is 11.1 Å². The summed E-state index contributed by atoms with van der Waals surface area (Å²) in [6.07, 6.45) is -0.0988. The van der Waals surface area contributed by atoms with Crippen molar-refractivity contribution in [3.63, 3.8) is 0 Å². The number of hydrogen-bond acceptors (Lipinski definition) is 4. The van der Waals surface area contributed by atoms with E-state index in [9.17, 15) is 9.90 Å². The van der Waals surface area contributed by atoms with E-state index in [2.05, 4.69) is 5.32 Å². The first-order chi connectivity index (χ1) is 8.56. The van der Waals surface area contributed by atoms with Crippen LogP contribution in [0.1, 0.15) is 22.3 Å². The summed E-state index contributed by atoms with van der Waals surface area (Å²) in [5.41, 5.74) is 7.67. The standard InChI is InChI=1S/C13H20N2O3/c1-9-11(4-3-5-12(9)14)13(17)15-7-6-10(16)8-18-2/h3-5,10,16H,6-8,14H2,1-2H3,(H,15,17). The van der Waals surface area contributed by atoms with Crippen molar-refractivity contribution in [1.29, 1.82) is 0 Å². The molecule has 1 aromatic carbocycles. The van der Waals surface area contributed by atoms with Crippen molar-refractivity contribution in [2.45, 2.75) is 19.4 Å². The minimum atomic E-state index is -0.558. The first-order valence-corrected chi connectivity index (χ1v) is 5.86. The lowest BCUT2D eigenvalue weighted by atomic mass is 10.1. The van der Waals surface area contributed by atoms with Crippen LogP contribution in [0.5, 0.6) is 0 Å². The molecule has 1 aromatic rings. The Morgan fingerprint density at radius 2 is 2.28 bits per heavy atom. The number of benzene rings is 1. The van der Waals surface area contributed by atoms with Crippen LogP contribution in [-0.4, -0.2) is 37.4 Å². The molecule has 0 aliphatic rings. The van der Waals surface area contributed by atoms with Crippen LogP contribution in [0.4, 0.5) is 5.69 Å². The van der Waals surface area contributed by atoms with Crippen LogP contribution in [0.3, 0.4) is 0 Å². The minimum Gasteiger partial charge on any atom is -0.398 e. The molecule has 1 unspecified atom stereocenters. The number of hydrogen-bond donors (Lipinski definition) is 3. The average molecular weight is 252 g/mol. The Morgan fingerprint density at radius 3 is 2.94 bits per heavy atom. The maximum Gasteiger partial charge on any atom is 0.251 e. The highest BCUT2D eigenvalue weighted by Gasteiger charge is 2.10. The van der Waals surface area contributed by atoms with Crippen LogP contribution in [0.2, 0.25) is 0 Å². The number of ether oxygens (including phenoxy) is 1. The summed E-state index contributed by atoms with van der Waals surface area (Å²) in [5.74, 6) is -0.176. The quantitative estimate of drug-likeness (QED) is 0.651. The topological polar surface area (TPSA) is 84.6 Å². The first-order valence-electron chi connectivity index (χ1n) is 5.86. The third-order valence-corrected chi connectivity index (χ3v) is 2.74. The molecule has 4 N–H and O–H groups in total. The molecule has 0 radical (unpaired) electrons. The molecule has 1 rings (SSSR count). The monoisotopic (exact) mass is 252 g/mol. The number of aliphatic hydroxyl groups is 1. The van der Waals surface area contributed by atoms with Gasteiger partial charge in [-0.25, -0.2) is 0 Å². The summed E-state index contributed by atoms with van der Waals surface area (Å²) in [7, 11) is 1.53. The first kappa shape index (κ1) is 14.5. The van der Waals surface area contributed by atoms with E-state index in [1.54, 1.807) is 18.2 Å². The number of nitrogens with one attached hydrogen (secondary N) is 1. The van der Waals surface area contributed by atoms with Gasteiger partial charge >= 0.3 is 0 Å². The highest BCUT2D eigenvalue weighted by molar-refractivity contribution is 5.96. The van der Waals surface area contributed by atoms with Gasteiger partial charge in [-0.3, -0.25) is 4.79 Å². The molecule has 5 nitrogen and oxygen atoms in total. The number of rotatable bonds is 6. The van der Waals surface area contributed by atoms with Crippen molar-refractivity contribution in [1.82, 2.24) is 5.32 Å². The fourth-order valence-electron chi connectivity index (χ4n) is 1.62. The molecule has 0 aromatic heterocycles. The van der Waals surface area contributed by atoms with Crippen molar-refractivity contribution < 1.29 is 14.6 Å². The maximum atomic E-state index is 11.9. The van der Waals surface area contributed by atoms with Gasteiger partial charge in [-0.2, -0.15) is 0 Å². The van der Waals surface area contributed by atoms with Gasteiger partial charge in [-0.15, -0.1) is 0 Å². The van der Waals surface area contributed by atoms with Crippen molar-refractivity contribution in [3.8, 4) is 0 Å². The van der Waals surface area contributed by atoms with Gasteiger partial charge < -0.3 is 20.9 Å². The van der Waals surface area contributed by atoms with E-state index >= 15 is 0 Å². The molecule has 0 saturated heterocycles. The molecule has 5 heteroatoms. The molecule has 0 heterocycles. The van der Waals surface area contributed by atoms with Crippen LogP contribution >= 0.6 is 0 Å². The minimum absolute atomic E-state index is 0.176. The SMILES string of the molecule is COCC(O)CCNC(=O)c1cccc(N)c1C. The normalized spacial score (nSPS) is 12.2. The second kappa shape index (κ2) is 6.98. The summed E-state index contributed by atoms with van der Waals surface area (Å²) in [6.45, 7) is 2.48. The highest BCUT2D eigenvalue weighted by atomic mass is 16.5. The third kappa shape index (κ3) is 4.01. The molecular formula is C13H20N2O3. The largest absolute Gasteiger partial charge is 0.398 e. The van der Waals surface area contributed by atoms with Crippen molar-refractivity contribution in [2.75, 3.05) is 26.0 Å². The van der Waals surface area contributed by atoms with Gasteiger partial charge in [0.1, 0.15) is 0 Å². The summed E-state index contributed by atoms with van der Waals surface area (Å²) in [4.78, 5) is 11.9. The molecule has 0 fully saturated rings. The highest BCUT2D eigenvalue weighted by Crippen LogP contribution is 2.15. The zero-order valence-electron chi connectivity index (χ0n) is 10.8. The second-order valence-corrected chi connectivity index (χ2v) is 4.17.